The monoisotopic (exact) mass is 249 g/mol. The molecular formula is C12H24ClNO2. The molecule has 96 valence electrons. The van der Waals surface area contributed by atoms with Crippen LogP contribution in [0.4, 0.5) is 0 Å². The summed E-state index contributed by atoms with van der Waals surface area (Å²) < 4.78 is 0. The summed E-state index contributed by atoms with van der Waals surface area (Å²) in [6, 6.07) is 0. The van der Waals surface area contributed by atoms with Crippen molar-refractivity contribution in [1.82, 2.24) is 4.90 Å². The molecule has 1 atom stereocenters. The summed E-state index contributed by atoms with van der Waals surface area (Å²) in [6.45, 7) is 5.82. The van der Waals surface area contributed by atoms with Crippen LogP contribution in [0.2, 0.25) is 0 Å². The Morgan fingerprint density at radius 1 is 1.31 bits per heavy atom. The molecule has 4 heteroatoms. The zero-order valence-electron chi connectivity index (χ0n) is 10.2. The lowest BCUT2D eigenvalue weighted by Crippen LogP contribution is -2.26. The van der Waals surface area contributed by atoms with Gasteiger partial charge in [0.05, 0.1) is 0 Å². The predicted molar refractivity (Wildman–Crippen MR) is 68.2 cm³/mol. The molecule has 1 N–H and O–H groups in total. The SMILES string of the molecule is CC1CCCN(CCCCC(=O)O)CC1.Cl. The molecule has 0 radical (unpaired) electrons. The zero-order valence-corrected chi connectivity index (χ0v) is 11.0. The molecule has 1 aliphatic rings. The lowest BCUT2D eigenvalue weighted by Gasteiger charge is -2.19. The topological polar surface area (TPSA) is 40.5 Å². The van der Waals surface area contributed by atoms with Gasteiger partial charge in [0.2, 0.25) is 0 Å². The number of nitrogens with zero attached hydrogens (tertiary/aromatic N) is 1. The van der Waals surface area contributed by atoms with Crippen molar-refractivity contribution in [3.63, 3.8) is 0 Å². The van der Waals surface area contributed by atoms with Crippen LogP contribution in [-0.2, 0) is 4.79 Å². The molecule has 1 rings (SSSR count). The van der Waals surface area contributed by atoms with Gasteiger partial charge < -0.3 is 10.0 Å². The quantitative estimate of drug-likeness (QED) is 0.762. The molecule has 0 saturated carbocycles. The minimum Gasteiger partial charge on any atom is -0.481 e. The summed E-state index contributed by atoms with van der Waals surface area (Å²) in [7, 11) is 0. The maximum absolute atomic E-state index is 10.3. The van der Waals surface area contributed by atoms with Crippen LogP contribution >= 0.6 is 12.4 Å². The van der Waals surface area contributed by atoms with Crippen LogP contribution in [0.1, 0.15) is 45.4 Å². The first-order valence-electron chi connectivity index (χ1n) is 6.12. The van der Waals surface area contributed by atoms with Gasteiger partial charge in [0.15, 0.2) is 0 Å². The second-order valence-electron chi connectivity index (χ2n) is 4.73. The fraction of sp³-hybridized carbons (Fsp3) is 0.917. The van der Waals surface area contributed by atoms with E-state index in [9.17, 15) is 4.79 Å². The summed E-state index contributed by atoms with van der Waals surface area (Å²) in [6.07, 6.45) is 6.14. The van der Waals surface area contributed by atoms with Crippen LogP contribution in [-0.4, -0.2) is 35.6 Å². The van der Waals surface area contributed by atoms with Gasteiger partial charge >= 0.3 is 5.97 Å². The molecule has 0 aromatic rings. The number of carboxylic acid groups (broad SMARTS) is 1. The van der Waals surface area contributed by atoms with Crippen LogP contribution in [0.3, 0.4) is 0 Å². The van der Waals surface area contributed by atoms with E-state index >= 15 is 0 Å². The summed E-state index contributed by atoms with van der Waals surface area (Å²) in [5, 5.41) is 8.52. The van der Waals surface area contributed by atoms with Gasteiger partial charge in [0, 0.05) is 6.42 Å². The van der Waals surface area contributed by atoms with Crippen molar-refractivity contribution >= 4 is 18.4 Å². The van der Waals surface area contributed by atoms with E-state index in [1.807, 2.05) is 0 Å². The van der Waals surface area contributed by atoms with E-state index in [2.05, 4.69) is 11.8 Å². The van der Waals surface area contributed by atoms with Gasteiger partial charge in [-0.15, -0.1) is 12.4 Å². The molecule has 1 heterocycles. The van der Waals surface area contributed by atoms with Crippen LogP contribution in [0, 0.1) is 5.92 Å². The minimum atomic E-state index is -0.667. The largest absolute Gasteiger partial charge is 0.481 e. The first kappa shape index (κ1) is 15.7. The number of likely N-dealkylation sites (tertiary alicyclic amines) is 1. The van der Waals surface area contributed by atoms with Gasteiger partial charge in [-0.2, -0.15) is 0 Å². The van der Waals surface area contributed by atoms with Crippen molar-refractivity contribution in [1.29, 1.82) is 0 Å². The summed E-state index contributed by atoms with van der Waals surface area (Å²) in [5.41, 5.74) is 0. The van der Waals surface area contributed by atoms with Gasteiger partial charge in [-0.05, 0) is 57.7 Å². The highest BCUT2D eigenvalue weighted by Crippen LogP contribution is 2.16. The predicted octanol–water partition coefficient (Wildman–Crippen LogP) is 2.79. The van der Waals surface area contributed by atoms with Crippen molar-refractivity contribution in [2.45, 2.75) is 45.4 Å². The van der Waals surface area contributed by atoms with Crippen LogP contribution in [0.5, 0.6) is 0 Å². The lowest BCUT2D eigenvalue weighted by molar-refractivity contribution is -0.137. The number of rotatable bonds is 5. The van der Waals surface area contributed by atoms with Gasteiger partial charge in [-0.1, -0.05) is 6.92 Å². The van der Waals surface area contributed by atoms with Crippen molar-refractivity contribution in [2.24, 2.45) is 5.92 Å². The molecule has 0 aromatic heterocycles. The highest BCUT2D eigenvalue weighted by molar-refractivity contribution is 5.85. The Kier molecular flexibility index (Phi) is 8.67. The normalized spacial score (nSPS) is 22.2. The second-order valence-corrected chi connectivity index (χ2v) is 4.73. The Balaban J connectivity index is 0.00000225. The molecule has 0 bridgehead atoms. The van der Waals surface area contributed by atoms with E-state index < -0.39 is 5.97 Å². The highest BCUT2D eigenvalue weighted by Gasteiger charge is 2.12. The van der Waals surface area contributed by atoms with Gasteiger partial charge in [-0.25, -0.2) is 0 Å². The second kappa shape index (κ2) is 8.82. The van der Waals surface area contributed by atoms with Crippen LogP contribution in [0.25, 0.3) is 0 Å². The number of carboxylic acids is 1. The number of carbonyl (C=O) groups is 1. The number of aliphatic carboxylic acids is 1. The third-order valence-electron chi connectivity index (χ3n) is 3.22. The van der Waals surface area contributed by atoms with E-state index in [0.717, 1.165) is 25.3 Å². The van der Waals surface area contributed by atoms with E-state index in [1.54, 1.807) is 0 Å². The van der Waals surface area contributed by atoms with E-state index in [1.165, 1.54) is 32.4 Å². The summed E-state index contributed by atoms with van der Waals surface area (Å²) >= 11 is 0. The van der Waals surface area contributed by atoms with Crippen molar-refractivity contribution in [3.05, 3.63) is 0 Å². The van der Waals surface area contributed by atoms with Crippen molar-refractivity contribution in [3.8, 4) is 0 Å². The third-order valence-corrected chi connectivity index (χ3v) is 3.22. The van der Waals surface area contributed by atoms with Crippen molar-refractivity contribution in [2.75, 3.05) is 19.6 Å². The molecule has 3 nitrogen and oxygen atoms in total. The third kappa shape index (κ3) is 7.07. The Bertz CT molecular complexity index is 199. The maximum Gasteiger partial charge on any atom is 0.303 e. The van der Waals surface area contributed by atoms with Crippen LogP contribution < -0.4 is 0 Å². The first-order valence-corrected chi connectivity index (χ1v) is 6.12. The molecule has 0 aromatic carbocycles. The molecule has 0 spiro atoms. The molecule has 1 saturated heterocycles. The maximum atomic E-state index is 10.3. The summed E-state index contributed by atoms with van der Waals surface area (Å²) in [4.78, 5) is 12.8. The molecule has 0 aliphatic carbocycles. The fourth-order valence-corrected chi connectivity index (χ4v) is 2.16. The van der Waals surface area contributed by atoms with Crippen LogP contribution in [0.15, 0.2) is 0 Å². The average Bonchev–Trinajstić information content (AvgIpc) is 2.38. The van der Waals surface area contributed by atoms with E-state index in [4.69, 9.17) is 5.11 Å². The number of halogens is 1. The Morgan fingerprint density at radius 3 is 2.75 bits per heavy atom. The number of hydrogen-bond acceptors (Lipinski definition) is 2. The minimum absolute atomic E-state index is 0. The molecule has 1 aliphatic heterocycles. The van der Waals surface area contributed by atoms with E-state index in [0.29, 0.717) is 6.42 Å². The van der Waals surface area contributed by atoms with Crippen molar-refractivity contribution < 1.29 is 9.90 Å². The average molecular weight is 250 g/mol. The Hall–Kier alpha value is -0.280. The van der Waals surface area contributed by atoms with E-state index in [-0.39, 0.29) is 12.4 Å². The highest BCUT2D eigenvalue weighted by atomic mass is 35.5. The molecule has 1 fully saturated rings. The molecular weight excluding hydrogens is 226 g/mol. The number of hydrogen-bond donors (Lipinski definition) is 1. The smallest absolute Gasteiger partial charge is 0.303 e. The van der Waals surface area contributed by atoms with Gasteiger partial charge in [-0.3, -0.25) is 4.79 Å². The van der Waals surface area contributed by atoms with Gasteiger partial charge in [0.1, 0.15) is 0 Å². The molecule has 1 unspecified atom stereocenters. The fourth-order valence-electron chi connectivity index (χ4n) is 2.16. The van der Waals surface area contributed by atoms with Gasteiger partial charge in [0.25, 0.3) is 0 Å². The standard InChI is InChI=1S/C12H23NO2.ClH/c1-11-5-4-9-13(10-7-11)8-3-2-6-12(14)15;/h11H,2-10H2,1H3,(H,14,15);1H. The Labute approximate surface area is 105 Å². The Morgan fingerprint density at radius 2 is 2.06 bits per heavy atom. The lowest BCUT2D eigenvalue weighted by atomic mass is 10.0. The summed E-state index contributed by atoms with van der Waals surface area (Å²) in [5.74, 6) is 0.202. The zero-order chi connectivity index (χ0) is 11.1. The molecule has 16 heavy (non-hydrogen) atoms. The number of unbranched alkanes of at least 4 members (excludes halogenated alkanes) is 1. The molecule has 0 amide bonds. The first-order chi connectivity index (χ1) is 7.18.